The van der Waals surface area contributed by atoms with Gasteiger partial charge >= 0.3 is 6.18 Å². The highest BCUT2D eigenvalue weighted by Crippen LogP contribution is 2.55. The smallest absolute Gasteiger partial charge is 0.309 e. The molecule has 69 heavy (non-hydrogen) atoms. The van der Waals surface area contributed by atoms with Crippen LogP contribution in [0.15, 0.2) is 176 Å². The Kier molecular flexibility index (Phi) is 8.45. The molecule has 13 rings (SSSR count). The lowest BCUT2D eigenvalue weighted by Crippen LogP contribution is -2.15. The van der Waals surface area contributed by atoms with Crippen molar-refractivity contribution in [2.75, 3.05) is 0 Å². The van der Waals surface area contributed by atoms with Gasteiger partial charge in [0.15, 0.2) is 5.69 Å². The van der Waals surface area contributed by atoms with Gasteiger partial charge in [-0.05, 0) is 140 Å². The Bertz CT molecular complexity index is 4090. The fraction of sp³-hybridized carbons (Fsp3) is 0.127. The number of aromatic nitrogens is 2. The SMILES string of the molecule is [C-]#[N+]c1ccc(-n2c3ccccc3c3c4c(ccc32)-c2ccccc2C4(C)C)cc1-c1cc(-c2cc(C)cc(C(F)(F)F)c2)ccc1-n1c2ccccc2c2c3c(ccc21)-c1ccccc1C3(C)C. The van der Waals surface area contributed by atoms with Gasteiger partial charge in [0.2, 0.25) is 0 Å². The van der Waals surface area contributed by atoms with Gasteiger partial charge in [-0.25, -0.2) is 4.85 Å². The van der Waals surface area contributed by atoms with Gasteiger partial charge in [-0.1, -0.05) is 143 Å². The van der Waals surface area contributed by atoms with E-state index in [0.29, 0.717) is 27.9 Å². The van der Waals surface area contributed by atoms with Crippen LogP contribution in [0, 0.1) is 13.5 Å². The Balaban J connectivity index is 1.11. The number of para-hydroxylation sites is 2. The fourth-order valence-electron chi connectivity index (χ4n) is 12.4. The second kappa shape index (κ2) is 14.2. The second-order valence-electron chi connectivity index (χ2n) is 19.9. The molecule has 0 unspecified atom stereocenters. The molecule has 332 valence electrons. The van der Waals surface area contributed by atoms with Crippen LogP contribution >= 0.6 is 0 Å². The van der Waals surface area contributed by atoms with Crippen LogP contribution in [0.5, 0.6) is 0 Å². The summed E-state index contributed by atoms with van der Waals surface area (Å²) in [5.41, 5.74) is 18.1. The van der Waals surface area contributed by atoms with Gasteiger partial charge in [0, 0.05) is 38.1 Å². The second-order valence-corrected chi connectivity index (χ2v) is 19.9. The molecule has 0 saturated carbocycles. The number of hydrogen-bond donors (Lipinski definition) is 0. The first kappa shape index (κ1) is 41.1. The maximum absolute atomic E-state index is 14.4. The van der Waals surface area contributed by atoms with Crippen LogP contribution in [-0.2, 0) is 17.0 Å². The molecule has 0 bridgehead atoms. The summed E-state index contributed by atoms with van der Waals surface area (Å²) in [7, 11) is 0. The summed E-state index contributed by atoms with van der Waals surface area (Å²) in [6.07, 6.45) is -4.52. The highest BCUT2D eigenvalue weighted by Gasteiger charge is 2.40. The molecule has 0 aliphatic heterocycles. The molecule has 0 fully saturated rings. The van der Waals surface area contributed by atoms with Crippen molar-refractivity contribution in [1.29, 1.82) is 0 Å². The summed E-state index contributed by atoms with van der Waals surface area (Å²) in [4.78, 5) is 4.17. The average Bonchev–Trinajstić information content (AvgIpc) is 4.02. The van der Waals surface area contributed by atoms with E-state index in [2.05, 4.69) is 169 Å². The molecular formula is C63H44F3N3. The Morgan fingerprint density at radius 2 is 1.01 bits per heavy atom. The third-order valence-corrected chi connectivity index (χ3v) is 15.3. The molecule has 2 heterocycles. The maximum Gasteiger partial charge on any atom is 0.416 e. The van der Waals surface area contributed by atoms with E-state index in [9.17, 15) is 13.2 Å². The molecule has 11 aromatic rings. The normalized spacial score (nSPS) is 14.3. The topological polar surface area (TPSA) is 14.2 Å². The van der Waals surface area contributed by atoms with Crippen molar-refractivity contribution >= 4 is 49.3 Å². The number of nitrogens with zero attached hydrogens (tertiary/aromatic N) is 3. The summed E-state index contributed by atoms with van der Waals surface area (Å²) in [5.74, 6) is 0. The quantitative estimate of drug-likeness (QED) is 0.156. The van der Waals surface area contributed by atoms with E-state index < -0.39 is 11.7 Å². The summed E-state index contributed by atoms with van der Waals surface area (Å²) in [6, 6.07) is 59.5. The summed E-state index contributed by atoms with van der Waals surface area (Å²) in [6.45, 7) is 19.6. The number of fused-ring (bicyclic) bond motifs is 14. The lowest BCUT2D eigenvalue weighted by atomic mass is 9.80. The predicted molar refractivity (Wildman–Crippen MR) is 277 cm³/mol. The molecule has 9 aromatic carbocycles. The average molecular weight is 900 g/mol. The minimum atomic E-state index is -4.52. The fourth-order valence-corrected chi connectivity index (χ4v) is 12.4. The van der Waals surface area contributed by atoms with E-state index in [0.717, 1.165) is 55.2 Å². The van der Waals surface area contributed by atoms with Crippen LogP contribution in [0.1, 0.15) is 61.1 Å². The first-order chi connectivity index (χ1) is 33.3. The lowest BCUT2D eigenvalue weighted by molar-refractivity contribution is -0.137. The molecule has 2 aliphatic rings. The van der Waals surface area contributed by atoms with Gasteiger partial charge in [-0.2, -0.15) is 13.2 Å². The first-order valence-electron chi connectivity index (χ1n) is 23.4. The Morgan fingerprint density at radius 3 is 1.61 bits per heavy atom. The Morgan fingerprint density at radius 1 is 0.464 bits per heavy atom. The van der Waals surface area contributed by atoms with Crippen LogP contribution in [0.4, 0.5) is 18.9 Å². The zero-order valence-electron chi connectivity index (χ0n) is 38.7. The van der Waals surface area contributed by atoms with Gasteiger partial charge in [-0.3, -0.25) is 0 Å². The van der Waals surface area contributed by atoms with Gasteiger partial charge < -0.3 is 9.13 Å². The summed E-state index contributed by atoms with van der Waals surface area (Å²) < 4.78 is 47.9. The van der Waals surface area contributed by atoms with Crippen molar-refractivity contribution in [1.82, 2.24) is 9.13 Å². The van der Waals surface area contributed by atoms with Crippen LogP contribution in [0.25, 0.3) is 104 Å². The largest absolute Gasteiger partial charge is 0.416 e. The van der Waals surface area contributed by atoms with Crippen LogP contribution in [0.2, 0.25) is 0 Å². The standard InChI is InChI=1S/C63H44F3N3/c1-36-31-38(33-39(32-36)63(64,65)66)37-23-28-54(69-53-22-14-10-18-46(53)58-56(69)30-26-44-42-16-8-12-20-50(42)62(4,5)60(44)58)48(34-37)47-35-40(24-27-51(47)67-6)68-52-21-13-9-17-45(52)57-55(68)29-25-43-41-15-7-11-19-49(41)61(2,3)59(43)57/h7-35H,1-5H3. The molecule has 2 aromatic heterocycles. The van der Waals surface area contributed by atoms with Crippen molar-refractivity contribution in [2.24, 2.45) is 0 Å². The maximum atomic E-state index is 14.4. The lowest BCUT2D eigenvalue weighted by Gasteiger charge is -2.23. The highest BCUT2D eigenvalue weighted by molar-refractivity contribution is 6.16. The zero-order valence-corrected chi connectivity index (χ0v) is 38.7. The molecule has 3 nitrogen and oxygen atoms in total. The van der Waals surface area contributed by atoms with Crippen molar-refractivity contribution in [3.63, 3.8) is 0 Å². The molecule has 2 aliphatic carbocycles. The molecule has 0 N–H and O–H groups in total. The van der Waals surface area contributed by atoms with E-state index in [1.165, 1.54) is 62.0 Å². The minimum Gasteiger partial charge on any atom is -0.309 e. The highest BCUT2D eigenvalue weighted by atomic mass is 19.4. The van der Waals surface area contributed by atoms with Crippen LogP contribution < -0.4 is 0 Å². The number of alkyl halides is 3. The van der Waals surface area contributed by atoms with E-state index in [4.69, 9.17) is 6.57 Å². The van der Waals surface area contributed by atoms with E-state index in [-0.39, 0.29) is 10.8 Å². The summed E-state index contributed by atoms with van der Waals surface area (Å²) in [5, 5.41) is 4.61. The molecular weight excluding hydrogens is 856 g/mol. The van der Waals surface area contributed by atoms with Crippen molar-refractivity contribution in [3.05, 3.63) is 221 Å². The Labute approximate surface area is 398 Å². The number of aryl methyl sites for hydroxylation is 1. The third kappa shape index (κ3) is 5.68. The van der Waals surface area contributed by atoms with Crippen molar-refractivity contribution in [2.45, 2.75) is 51.6 Å². The van der Waals surface area contributed by atoms with Gasteiger partial charge in [-0.15, -0.1) is 0 Å². The van der Waals surface area contributed by atoms with Crippen LogP contribution in [-0.4, -0.2) is 9.13 Å². The van der Waals surface area contributed by atoms with Gasteiger partial charge in [0.1, 0.15) is 0 Å². The molecule has 0 spiro atoms. The molecule has 6 heteroatoms. The van der Waals surface area contributed by atoms with Crippen molar-refractivity contribution in [3.8, 4) is 55.9 Å². The Hall–Kier alpha value is -8.14. The monoisotopic (exact) mass is 899 g/mol. The van der Waals surface area contributed by atoms with Gasteiger partial charge in [0.05, 0.1) is 39.9 Å². The molecule has 0 atom stereocenters. The molecule has 0 amide bonds. The first-order valence-corrected chi connectivity index (χ1v) is 23.4. The zero-order chi connectivity index (χ0) is 47.3. The van der Waals surface area contributed by atoms with E-state index in [1.54, 1.807) is 13.0 Å². The van der Waals surface area contributed by atoms with Crippen molar-refractivity contribution < 1.29 is 13.2 Å². The van der Waals surface area contributed by atoms with E-state index >= 15 is 0 Å². The number of benzene rings is 9. The van der Waals surface area contributed by atoms with E-state index in [1.807, 2.05) is 30.3 Å². The third-order valence-electron chi connectivity index (χ3n) is 15.3. The summed E-state index contributed by atoms with van der Waals surface area (Å²) >= 11 is 0. The van der Waals surface area contributed by atoms with Gasteiger partial charge in [0.25, 0.3) is 0 Å². The number of rotatable bonds is 4. The number of halogens is 3. The molecule has 0 saturated heterocycles. The van der Waals surface area contributed by atoms with Crippen LogP contribution in [0.3, 0.4) is 0 Å². The predicted octanol–water partition coefficient (Wildman–Crippen LogP) is 17.7. The number of hydrogen-bond acceptors (Lipinski definition) is 0. The molecule has 0 radical (unpaired) electrons. The minimum absolute atomic E-state index is 0.253.